The first-order valence-electron chi connectivity index (χ1n) is 6.23. The third-order valence-electron chi connectivity index (χ3n) is 3.84. The Balaban J connectivity index is 2.20. The molecule has 2 rings (SSSR count). The van der Waals surface area contributed by atoms with E-state index in [1.165, 1.54) is 5.57 Å². The maximum absolute atomic E-state index is 11.4. The number of ether oxygens (including phenoxy) is 1. The molecule has 0 radical (unpaired) electrons. The van der Waals surface area contributed by atoms with Gasteiger partial charge in [0.25, 0.3) is 0 Å². The van der Waals surface area contributed by atoms with Gasteiger partial charge >= 0.3 is 0 Å². The molecular formula is C14H22O2. The van der Waals surface area contributed by atoms with Crippen molar-refractivity contribution in [1.29, 1.82) is 0 Å². The zero-order valence-corrected chi connectivity index (χ0v) is 10.8. The maximum atomic E-state index is 11.4. The largest absolute Gasteiger partial charge is 0.372 e. The lowest BCUT2D eigenvalue weighted by Gasteiger charge is -2.38. The summed E-state index contributed by atoms with van der Waals surface area (Å²) in [5, 5.41) is 0. The zero-order valence-electron chi connectivity index (χ0n) is 10.8. The van der Waals surface area contributed by atoms with Crippen molar-refractivity contribution < 1.29 is 9.53 Å². The summed E-state index contributed by atoms with van der Waals surface area (Å²) in [4.78, 5) is 11.4. The van der Waals surface area contributed by atoms with Crippen molar-refractivity contribution in [1.82, 2.24) is 0 Å². The zero-order chi connectivity index (χ0) is 12.0. The van der Waals surface area contributed by atoms with Gasteiger partial charge in [-0.2, -0.15) is 0 Å². The van der Waals surface area contributed by atoms with E-state index in [1.54, 1.807) is 0 Å². The van der Waals surface area contributed by atoms with E-state index in [9.17, 15) is 4.79 Å². The second-order valence-corrected chi connectivity index (χ2v) is 6.31. The molecule has 0 aliphatic heterocycles. The van der Waals surface area contributed by atoms with Gasteiger partial charge in [-0.3, -0.25) is 4.79 Å². The predicted octanol–water partition coefficient (Wildman–Crippen LogP) is 3.26. The monoisotopic (exact) mass is 222 g/mol. The number of carbonyl (C=O) groups is 1. The number of ketones is 1. The summed E-state index contributed by atoms with van der Waals surface area (Å²) in [6.45, 7) is 8.57. The van der Waals surface area contributed by atoms with E-state index < -0.39 is 0 Å². The van der Waals surface area contributed by atoms with Crippen LogP contribution >= 0.6 is 0 Å². The molecular weight excluding hydrogens is 200 g/mol. The van der Waals surface area contributed by atoms with Crippen molar-refractivity contribution in [3.63, 3.8) is 0 Å². The Hall–Kier alpha value is -0.630. The van der Waals surface area contributed by atoms with Crippen LogP contribution in [0.5, 0.6) is 0 Å². The Morgan fingerprint density at radius 1 is 1.38 bits per heavy atom. The van der Waals surface area contributed by atoms with Crippen molar-refractivity contribution in [2.75, 3.05) is 0 Å². The quantitative estimate of drug-likeness (QED) is 0.680. The van der Waals surface area contributed by atoms with Gasteiger partial charge in [0, 0.05) is 11.8 Å². The Kier molecular flexibility index (Phi) is 2.73. The van der Waals surface area contributed by atoms with Gasteiger partial charge in [-0.25, -0.2) is 0 Å². The van der Waals surface area contributed by atoms with Gasteiger partial charge in [0.15, 0.2) is 5.78 Å². The highest BCUT2D eigenvalue weighted by molar-refractivity contribution is 5.91. The molecule has 2 aliphatic carbocycles. The van der Waals surface area contributed by atoms with Crippen LogP contribution in [0.25, 0.3) is 0 Å². The summed E-state index contributed by atoms with van der Waals surface area (Å²) in [7, 11) is 0. The van der Waals surface area contributed by atoms with E-state index in [4.69, 9.17) is 4.74 Å². The van der Waals surface area contributed by atoms with Gasteiger partial charge in [0.05, 0.1) is 11.7 Å². The van der Waals surface area contributed by atoms with Crippen molar-refractivity contribution in [3.05, 3.63) is 11.6 Å². The van der Waals surface area contributed by atoms with Crippen molar-refractivity contribution in [2.45, 2.75) is 65.1 Å². The highest BCUT2D eigenvalue weighted by Gasteiger charge is 2.46. The average Bonchev–Trinajstić information content (AvgIpc) is 2.43. The van der Waals surface area contributed by atoms with Crippen molar-refractivity contribution >= 4 is 5.78 Å². The summed E-state index contributed by atoms with van der Waals surface area (Å²) in [5.74, 6) is 0.295. The molecule has 0 aromatic rings. The van der Waals surface area contributed by atoms with E-state index in [0.29, 0.717) is 12.2 Å². The maximum Gasteiger partial charge on any atom is 0.155 e. The molecule has 90 valence electrons. The SMILES string of the molecule is CC(C)(C)O[C@H]1CCC2=CC(=O)CC[C@@]21C. The first kappa shape index (κ1) is 11.8. The van der Waals surface area contributed by atoms with Crippen LogP contribution < -0.4 is 0 Å². The van der Waals surface area contributed by atoms with E-state index in [-0.39, 0.29) is 17.1 Å². The Morgan fingerprint density at radius 3 is 2.69 bits per heavy atom. The molecule has 2 aliphatic rings. The Morgan fingerprint density at radius 2 is 2.06 bits per heavy atom. The standard InChI is InChI=1S/C14H22O2/c1-13(2,3)16-12-6-5-10-9-11(15)7-8-14(10,12)4/h9,12H,5-8H2,1-4H3/t12-,14-/m0/s1. The molecule has 1 fully saturated rings. The topological polar surface area (TPSA) is 26.3 Å². The minimum atomic E-state index is -0.0927. The van der Waals surface area contributed by atoms with Gasteiger partial charge in [0.2, 0.25) is 0 Å². The first-order chi connectivity index (χ1) is 7.31. The molecule has 0 unspecified atom stereocenters. The highest BCUT2D eigenvalue weighted by Crippen LogP contribution is 2.50. The second kappa shape index (κ2) is 3.69. The Bertz CT molecular complexity index is 335. The molecule has 0 bridgehead atoms. The molecule has 0 heterocycles. The minimum Gasteiger partial charge on any atom is -0.372 e. The molecule has 2 atom stereocenters. The van der Waals surface area contributed by atoms with Crippen molar-refractivity contribution in [3.8, 4) is 0 Å². The lowest BCUT2D eigenvalue weighted by Crippen LogP contribution is -2.38. The smallest absolute Gasteiger partial charge is 0.155 e. The van der Waals surface area contributed by atoms with E-state index in [1.807, 2.05) is 6.08 Å². The van der Waals surface area contributed by atoms with E-state index in [2.05, 4.69) is 27.7 Å². The van der Waals surface area contributed by atoms with Crippen LogP contribution in [-0.4, -0.2) is 17.5 Å². The average molecular weight is 222 g/mol. The highest BCUT2D eigenvalue weighted by atomic mass is 16.5. The fraction of sp³-hybridized carbons (Fsp3) is 0.786. The van der Waals surface area contributed by atoms with Gasteiger partial charge in [-0.05, 0) is 46.1 Å². The van der Waals surface area contributed by atoms with Crippen LogP contribution in [0.3, 0.4) is 0 Å². The third-order valence-corrected chi connectivity index (χ3v) is 3.84. The van der Waals surface area contributed by atoms with Crippen molar-refractivity contribution in [2.24, 2.45) is 5.41 Å². The van der Waals surface area contributed by atoms with Gasteiger partial charge in [-0.15, -0.1) is 0 Å². The van der Waals surface area contributed by atoms with Crippen LogP contribution in [0.2, 0.25) is 0 Å². The van der Waals surface area contributed by atoms with Crippen LogP contribution in [0.15, 0.2) is 11.6 Å². The van der Waals surface area contributed by atoms with Gasteiger partial charge < -0.3 is 4.74 Å². The second-order valence-electron chi connectivity index (χ2n) is 6.31. The molecule has 0 aromatic heterocycles. The number of hydrogen-bond donors (Lipinski definition) is 0. The molecule has 0 amide bonds. The summed E-state index contributed by atoms with van der Waals surface area (Å²) >= 11 is 0. The van der Waals surface area contributed by atoms with Crippen LogP contribution in [0.4, 0.5) is 0 Å². The summed E-state index contributed by atoms with van der Waals surface area (Å²) in [6.07, 6.45) is 5.89. The summed E-state index contributed by atoms with van der Waals surface area (Å²) in [6, 6.07) is 0. The fourth-order valence-electron chi connectivity index (χ4n) is 2.92. The Labute approximate surface area is 98.1 Å². The van der Waals surface area contributed by atoms with Gasteiger partial charge in [-0.1, -0.05) is 12.5 Å². The number of allylic oxidation sites excluding steroid dienone is 1. The molecule has 0 spiro atoms. The van der Waals surface area contributed by atoms with Crippen LogP contribution in [-0.2, 0) is 9.53 Å². The molecule has 0 aromatic carbocycles. The number of hydrogen-bond acceptors (Lipinski definition) is 2. The summed E-state index contributed by atoms with van der Waals surface area (Å²) in [5.41, 5.74) is 1.34. The number of carbonyl (C=O) groups excluding carboxylic acids is 1. The van der Waals surface area contributed by atoms with Gasteiger partial charge in [0.1, 0.15) is 0 Å². The van der Waals surface area contributed by atoms with Crippen LogP contribution in [0.1, 0.15) is 53.4 Å². The minimum absolute atomic E-state index is 0.0927. The molecule has 0 saturated heterocycles. The fourth-order valence-corrected chi connectivity index (χ4v) is 2.92. The molecule has 2 nitrogen and oxygen atoms in total. The molecule has 1 saturated carbocycles. The number of fused-ring (bicyclic) bond motifs is 1. The normalized spacial score (nSPS) is 34.9. The lowest BCUT2D eigenvalue weighted by atomic mass is 9.74. The number of rotatable bonds is 1. The predicted molar refractivity (Wildman–Crippen MR) is 64.3 cm³/mol. The van der Waals surface area contributed by atoms with Crippen LogP contribution in [0, 0.1) is 5.41 Å². The molecule has 2 heteroatoms. The van der Waals surface area contributed by atoms with E-state index >= 15 is 0 Å². The summed E-state index contributed by atoms with van der Waals surface area (Å²) < 4.78 is 6.15. The lowest BCUT2D eigenvalue weighted by molar-refractivity contribution is -0.118. The van der Waals surface area contributed by atoms with E-state index in [0.717, 1.165) is 19.3 Å². The first-order valence-corrected chi connectivity index (χ1v) is 6.23. The molecule has 16 heavy (non-hydrogen) atoms. The molecule has 0 N–H and O–H groups in total. The third kappa shape index (κ3) is 2.08.